The van der Waals surface area contributed by atoms with E-state index < -0.39 is 0 Å². The van der Waals surface area contributed by atoms with Crippen molar-refractivity contribution in [1.29, 1.82) is 0 Å². The number of Topliss-reactive ketones (excluding diaryl/α,β-unsaturated/α-hetero) is 1. The Hall–Kier alpha value is -0.450. The number of nitrogens with two attached hydrogens (primary N) is 1. The molecule has 4 heteroatoms. The normalized spacial score (nSPS) is 22.5. The maximum atomic E-state index is 10.5. The number of hydrogen-bond acceptors (Lipinski definition) is 4. The number of rotatable bonds is 0. The van der Waals surface area contributed by atoms with E-state index in [4.69, 9.17) is 15.9 Å². The van der Waals surface area contributed by atoms with Gasteiger partial charge in [-0.3, -0.25) is 4.79 Å². The molecule has 0 radical (unpaired) electrons. The van der Waals surface area contributed by atoms with Gasteiger partial charge in [-0.15, -0.1) is 0 Å². The summed E-state index contributed by atoms with van der Waals surface area (Å²) >= 11 is 0. The molecule has 0 amide bonds. The molecule has 3 aliphatic carbocycles. The van der Waals surface area contributed by atoms with Gasteiger partial charge in [-0.25, -0.2) is 0 Å². The summed E-state index contributed by atoms with van der Waals surface area (Å²) in [6, 6.07) is 0.536. The van der Waals surface area contributed by atoms with E-state index >= 15 is 0 Å². The fourth-order valence-electron chi connectivity index (χ4n) is 3.16. The minimum absolute atomic E-state index is 0.0359. The summed E-state index contributed by atoms with van der Waals surface area (Å²) in [6.45, 7) is 0. The highest BCUT2D eigenvalue weighted by Crippen LogP contribution is 2.16. The Bertz CT molecular complexity index is 235. The first-order valence-electron chi connectivity index (χ1n) is 9.58. The van der Waals surface area contributed by atoms with Crippen molar-refractivity contribution >= 4 is 5.78 Å². The third kappa shape index (κ3) is 14.9. The van der Waals surface area contributed by atoms with Crippen molar-refractivity contribution in [2.45, 2.75) is 108 Å². The van der Waals surface area contributed by atoms with Crippen LogP contribution in [0.15, 0.2) is 0 Å². The molecule has 0 bridgehead atoms. The molecule has 0 unspecified atom stereocenters. The van der Waals surface area contributed by atoms with E-state index in [9.17, 15) is 4.79 Å². The zero-order chi connectivity index (χ0) is 17.3. The molecule has 23 heavy (non-hydrogen) atoms. The Morgan fingerprint density at radius 1 is 0.739 bits per heavy atom. The first-order valence-corrected chi connectivity index (χ1v) is 9.58. The van der Waals surface area contributed by atoms with Crippen LogP contribution in [0.1, 0.15) is 96.3 Å². The number of aliphatic hydroxyl groups is 2. The molecule has 0 aromatic rings. The molecular weight excluding hydrogens is 290 g/mol. The second-order valence-electron chi connectivity index (χ2n) is 6.79. The topological polar surface area (TPSA) is 83.5 Å². The van der Waals surface area contributed by atoms with Gasteiger partial charge in [-0.1, -0.05) is 44.9 Å². The summed E-state index contributed by atoms with van der Waals surface area (Å²) in [5, 5.41) is 15.9. The quantitative estimate of drug-likeness (QED) is 0.632. The number of aliphatic hydroxyl groups excluding tert-OH is 2. The van der Waals surface area contributed by atoms with Crippen LogP contribution in [0, 0.1) is 0 Å². The molecule has 0 atom stereocenters. The van der Waals surface area contributed by atoms with Crippen LogP contribution in [-0.4, -0.2) is 35.3 Å². The molecule has 3 fully saturated rings. The van der Waals surface area contributed by atoms with Gasteiger partial charge >= 0.3 is 0 Å². The summed E-state index contributed by atoms with van der Waals surface area (Å²) in [5.74, 6) is 0.464. The zero-order valence-corrected chi connectivity index (χ0v) is 15.1. The molecule has 3 aliphatic rings. The van der Waals surface area contributed by atoms with Gasteiger partial charge in [0, 0.05) is 26.0 Å². The fourth-order valence-corrected chi connectivity index (χ4v) is 3.16. The molecule has 138 valence electrons. The van der Waals surface area contributed by atoms with Gasteiger partial charge in [0.1, 0.15) is 5.78 Å². The Morgan fingerprint density at radius 3 is 1.35 bits per heavy atom. The van der Waals surface area contributed by atoms with Crippen molar-refractivity contribution in [2.75, 3.05) is 7.11 Å². The van der Waals surface area contributed by atoms with Gasteiger partial charge in [0.2, 0.25) is 0 Å². The maximum Gasteiger partial charge on any atom is 0.132 e. The number of carbonyl (C=O) groups excluding carboxylic acids is 1. The highest BCUT2D eigenvalue weighted by molar-refractivity contribution is 5.78. The summed E-state index contributed by atoms with van der Waals surface area (Å²) < 4.78 is 0. The van der Waals surface area contributed by atoms with Gasteiger partial charge in [-0.05, 0) is 38.5 Å². The van der Waals surface area contributed by atoms with E-state index in [1.54, 1.807) is 0 Å². The van der Waals surface area contributed by atoms with Crippen molar-refractivity contribution in [3.63, 3.8) is 0 Å². The van der Waals surface area contributed by atoms with E-state index in [-0.39, 0.29) is 6.10 Å². The molecule has 0 aromatic carbocycles. The smallest absolute Gasteiger partial charge is 0.132 e. The van der Waals surface area contributed by atoms with Crippen molar-refractivity contribution in [1.82, 2.24) is 0 Å². The van der Waals surface area contributed by atoms with Crippen molar-refractivity contribution in [3.8, 4) is 0 Å². The molecule has 0 spiro atoms. The number of carbonyl (C=O) groups is 1. The first kappa shape index (κ1) is 22.6. The van der Waals surface area contributed by atoms with Crippen molar-refractivity contribution in [2.24, 2.45) is 5.73 Å². The lowest BCUT2D eigenvalue weighted by Gasteiger charge is -2.15. The third-order valence-electron chi connectivity index (χ3n) is 4.64. The molecule has 3 saturated carbocycles. The molecule has 0 aliphatic heterocycles. The predicted octanol–water partition coefficient (Wildman–Crippen LogP) is 3.72. The average Bonchev–Trinajstić information content (AvgIpc) is 2.60. The second kappa shape index (κ2) is 16.4. The van der Waals surface area contributed by atoms with E-state index in [0.717, 1.165) is 45.6 Å². The molecule has 0 heterocycles. The van der Waals surface area contributed by atoms with Crippen molar-refractivity contribution in [3.05, 3.63) is 0 Å². The van der Waals surface area contributed by atoms with Gasteiger partial charge < -0.3 is 15.9 Å². The highest BCUT2D eigenvalue weighted by Gasteiger charge is 2.08. The lowest BCUT2D eigenvalue weighted by molar-refractivity contribution is -0.120. The van der Waals surface area contributed by atoms with E-state index in [0.29, 0.717) is 11.8 Å². The molecule has 0 saturated heterocycles. The second-order valence-corrected chi connectivity index (χ2v) is 6.79. The first-order chi connectivity index (χ1) is 11.2. The van der Waals surface area contributed by atoms with Gasteiger partial charge in [-0.2, -0.15) is 0 Å². The van der Waals surface area contributed by atoms with Crippen LogP contribution in [0.4, 0.5) is 0 Å². The Morgan fingerprint density at radius 2 is 1.13 bits per heavy atom. The van der Waals surface area contributed by atoms with E-state index in [1.807, 2.05) is 0 Å². The van der Waals surface area contributed by atoms with Gasteiger partial charge in [0.25, 0.3) is 0 Å². The number of hydrogen-bond donors (Lipinski definition) is 3. The van der Waals surface area contributed by atoms with Crippen LogP contribution >= 0.6 is 0 Å². The van der Waals surface area contributed by atoms with Crippen LogP contribution in [0.2, 0.25) is 0 Å². The monoisotopic (exact) mass is 329 g/mol. The van der Waals surface area contributed by atoms with Crippen LogP contribution in [0.25, 0.3) is 0 Å². The minimum atomic E-state index is 0.0359. The van der Waals surface area contributed by atoms with Gasteiger partial charge in [0.15, 0.2) is 0 Å². The predicted molar refractivity (Wildman–Crippen MR) is 96.4 cm³/mol. The standard InChI is InChI=1S/C6H13N.C6H12O.C6H10O.CH4O/c3*7-6-4-2-1-3-5-6;1-2/h6H,1-5,7H2;6-7H,1-5H2;1-5H2;2H,1H3. The van der Waals surface area contributed by atoms with E-state index in [2.05, 4.69) is 0 Å². The highest BCUT2D eigenvalue weighted by atomic mass is 16.3. The van der Waals surface area contributed by atoms with Crippen LogP contribution in [-0.2, 0) is 4.79 Å². The largest absolute Gasteiger partial charge is 0.400 e. The summed E-state index contributed by atoms with van der Waals surface area (Å²) in [6.07, 6.45) is 17.8. The third-order valence-corrected chi connectivity index (χ3v) is 4.64. The SMILES string of the molecule is CO.NC1CCCCC1.O=C1CCCCC1.OC1CCCCC1. The molecular formula is C19H39NO3. The molecule has 4 N–H and O–H groups in total. The molecule has 3 rings (SSSR count). The lowest BCUT2D eigenvalue weighted by atomic mass is 9.97. The van der Waals surface area contributed by atoms with Crippen LogP contribution in [0.3, 0.4) is 0 Å². The fraction of sp³-hybridized carbons (Fsp3) is 0.947. The zero-order valence-electron chi connectivity index (χ0n) is 15.1. The van der Waals surface area contributed by atoms with E-state index in [1.165, 1.54) is 57.8 Å². The maximum absolute atomic E-state index is 10.5. The minimum Gasteiger partial charge on any atom is -0.400 e. The molecule has 0 aromatic heterocycles. The summed E-state index contributed by atoms with van der Waals surface area (Å²) in [4.78, 5) is 10.5. The summed E-state index contributed by atoms with van der Waals surface area (Å²) in [7, 11) is 1.00. The lowest BCUT2D eigenvalue weighted by Crippen LogP contribution is -2.22. The van der Waals surface area contributed by atoms with Crippen LogP contribution < -0.4 is 5.73 Å². The Kier molecular flexibility index (Phi) is 16.1. The van der Waals surface area contributed by atoms with Crippen molar-refractivity contribution < 1.29 is 15.0 Å². The number of ketones is 1. The summed E-state index contributed by atoms with van der Waals surface area (Å²) in [5.41, 5.74) is 5.63. The van der Waals surface area contributed by atoms with Gasteiger partial charge in [0.05, 0.1) is 6.10 Å². The average molecular weight is 330 g/mol. The Labute approximate surface area is 142 Å². The molecule has 4 nitrogen and oxygen atoms in total. The van der Waals surface area contributed by atoms with Crippen LogP contribution in [0.5, 0.6) is 0 Å². The Balaban J connectivity index is 0.000000299.